The first-order valence-corrected chi connectivity index (χ1v) is 8.27. The molecule has 5 nitrogen and oxygen atoms in total. The van der Waals surface area contributed by atoms with E-state index in [1.807, 2.05) is 48.1 Å². The van der Waals surface area contributed by atoms with E-state index in [4.69, 9.17) is 0 Å². The zero-order valence-corrected chi connectivity index (χ0v) is 14.7. The molecule has 1 aromatic heterocycles. The minimum absolute atomic E-state index is 0.0609. The molecule has 0 radical (unpaired) electrons. The van der Waals surface area contributed by atoms with Crippen molar-refractivity contribution >= 4 is 11.9 Å². The second-order valence-corrected chi connectivity index (χ2v) is 5.82. The minimum Gasteiger partial charge on any atom is -0.351 e. The van der Waals surface area contributed by atoms with Crippen LogP contribution in [0.2, 0.25) is 0 Å². The van der Waals surface area contributed by atoms with Gasteiger partial charge in [-0.05, 0) is 30.4 Å². The number of nitriles is 2. The molecule has 2 aromatic rings. The van der Waals surface area contributed by atoms with Gasteiger partial charge in [0.2, 0.25) is 5.78 Å². The van der Waals surface area contributed by atoms with Gasteiger partial charge in [0.05, 0.1) is 11.4 Å². The Morgan fingerprint density at radius 2 is 1.78 bits per heavy atom. The number of aromatic nitrogens is 1. The highest BCUT2D eigenvalue weighted by Crippen LogP contribution is 2.26. The van der Waals surface area contributed by atoms with Gasteiger partial charge in [-0.15, -0.1) is 0 Å². The van der Waals surface area contributed by atoms with Crippen molar-refractivity contribution in [3.8, 4) is 12.1 Å². The van der Waals surface area contributed by atoms with Crippen LogP contribution in [0.3, 0.4) is 0 Å². The van der Waals surface area contributed by atoms with E-state index in [1.165, 1.54) is 0 Å². The summed E-state index contributed by atoms with van der Waals surface area (Å²) in [5.74, 6) is -0.204. The van der Waals surface area contributed by atoms with Crippen molar-refractivity contribution in [1.82, 2.24) is 9.47 Å². The molecule has 27 heavy (non-hydrogen) atoms. The number of allylic oxidation sites excluding steroid dienone is 5. The maximum Gasteiger partial charge on any atom is 0.209 e. The van der Waals surface area contributed by atoms with Gasteiger partial charge >= 0.3 is 0 Å². The molecule has 130 valence electrons. The molecule has 0 saturated heterocycles. The molecule has 3 rings (SSSR count). The summed E-state index contributed by atoms with van der Waals surface area (Å²) in [4.78, 5) is 14.8. The Bertz CT molecular complexity index is 1050. The molecule has 1 aliphatic rings. The summed E-state index contributed by atoms with van der Waals surface area (Å²) >= 11 is 0. The first kappa shape index (κ1) is 17.7. The molecule has 1 aromatic carbocycles. The monoisotopic (exact) mass is 352 g/mol. The van der Waals surface area contributed by atoms with E-state index in [-0.39, 0.29) is 11.4 Å². The fourth-order valence-electron chi connectivity index (χ4n) is 2.74. The lowest BCUT2D eigenvalue weighted by Gasteiger charge is -2.26. The average Bonchev–Trinajstić information content (AvgIpc) is 3.12. The van der Waals surface area contributed by atoms with Crippen LogP contribution in [0.15, 0.2) is 90.1 Å². The van der Waals surface area contributed by atoms with Crippen molar-refractivity contribution < 1.29 is 4.79 Å². The Labute approximate surface area is 157 Å². The van der Waals surface area contributed by atoms with Crippen LogP contribution in [0.4, 0.5) is 0 Å². The second-order valence-electron chi connectivity index (χ2n) is 5.82. The van der Waals surface area contributed by atoms with Crippen LogP contribution in [0, 0.1) is 22.7 Å². The minimum atomic E-state index is -0.204. The topological polar surface area (TPSA) is 72.8 Å². The van der Waals surface area contributed by atoms with Crippen molar-refractivity contribution in [2.24, 2.45) is 7.05 Å². The van der Waals surface area contributed by atoms with Crippen LogP contribution in [-0.4, -0.2) is 15.3 Å². The fraction of sp³-hybridized carbons (Fsp3) is 0.0455. The Kier molecular flexibility index (Phi) is 5.16. The number of carbonyl (C=O) groups is 1. The third-order valence-electron chi connectivity index (χ3n) is 4.14. The van der Waals surface area contributed by atoms with Crippen LogP contribution in [0.5, 0.6) is 0 Å². The predicted octanol–water partition coefficient (Wildman–Crippen LogP) is 3.94. The van der Waals surface area contributed by atoms with Crippen LogP contribution >= 0.6 is 0 Å². The number of rotatable bonds is 4. The molecule has 0 fully saturated rings. The van der Waals surface area contributed by atoms with E-state index in [2.05, 4.69) is 0 Å². The number of hydrogen-bond acceptors (Lipinski definition) is 4. The second kappa shape index (κ2) is 7.86. The van der Waals surface area contributed by atoms with Crippen LogP contribution < -0.4 is 0 Å². The first-order chi connectivity index (χ1) is 13.2. The quantitative estimate of drug-likeness (QED) is 0.475. The number of aryl methyl sites for hydroxylation is 1. The highest BCUT2D eigenvalue weighted by atomic mass is 16.1. The molecule has 2 heterocycles. The van der Waals surface area contributed by atoms with Gasteiger partial charge in [-0.2, -0.15) is 10.5 Å². The van der Waals surface area contributed by atoms with Crippen molar-refractivity contribution in [3.63, 3.8) is 0 Å². The zero-order valence-electron chi connectivity index (χ0n) is 14.7. The number of carbonyl (C=O) groups excluding carboxylic acids is 1. The Morgan fingerprint density at radius 1 is 1.04 bits per heavy atom. The standard InChI is InChI=1S/C22H16N4O/c1-25-12-7-10-19(25)14-21(22(27)17-8-3-2-4-9-17)26-13-6-5-11-20(26)18(15-23)16-24/h2-14H,1H3/b21-14-. The molecule has 0 aliphatic carbocycles. The van der Waals surface area contributed by atoms with Gasteiger partial charge in [0.25, 0.3) is 0 Å². The summed E-state index contributed by atoms with van der Waals surface area (Å²) in [5, 5.41) is 18.6. The van der Waals surface area contributed by atoms with Crippen molar-refractivity contribution in [2.45, 2.75) is 0 Å². The number of benzene rings is 1. The van der Waals surface area contributed by atoms with Gasteiger partial charge in [-0.1, -0.05) is 36.4 Å². The first-order valence-electron chi connectivity index (χ1n) is 8.27. The van der Waals surface area contributed by atoms with E-state index in [1.54, 1.807) is 59.7 Å². The van der Waals surface area contributed by atoms with E-state index in [0.29, 0.717) is 17.0 Å². The van der Waals surface area contributed by atoms with Crippen molar-refractivity contribution in [1.29, 1.82) is 10.5 Å². The lowest BCUT2D eigenvalue weighted by atomic mass is 10.0. The predicted molar refractivity (Wildman–Crippen MR) is 103 cm³/mol. The third kappa shape index (κ3) is 3.63. The summed E-state index contributed by atoms with van der Waals surface area (Å²) in [6.45, 7) is 0. The van der Waals surface area contributed by atoms with Gasteiger partial charge in [-0.25, -0.2) is 0 Å². The molecule has 0 spiro atoms. The van der Waals surface area contributed by atoms with Crippen LogP contribution in [0.1, 0.15) is 16.1 Å². The highest BCUT2D eigenvalue weighted by molar-refractivity contribution is 6.11. The van der Waals surface area contributed by atoms with Gasteiger partial charge in [-0.3, -0.25) is 4.79 Å². The normalized spacial score (nSPS) is 13.2. The third-order valence-corrected chi connectivity index (χ3v) is 4.14. The molecule has 0 unspecified atom stereocenters. The van der Waals surface area contributed by atoms with Gasteiger partial charge < -0.3 is 9.47 Å². The molecule has 0 amide bonds. The van der Waals surface area contributed by atoms with Gasteiger partial charge in [0, 0.05) is 30.7 Å². The molecular formula is C22H16N4O. The Morgan fingerprint density at radius 3 is 2.41 bits per heavy atom. The Balaban J connectivity index is 2.19. The largest absolute Gasteiger partial charge is 0.351 e. The summed E-state index contributed by atoms with van der Waals surface area (Å²) in [6, 6.07) is 16.5. The lowest BCUT2D eigenvalue weighted by Crippen LogP contribution is -2.24. The molecule has 5 heteroatoms. The SMILES string of the molecule is Cn1cccc1/C=C(/C(=O)c1ccccc1)N1C=CC=CC1=C(C#N)C#N. The summed E-state index contributed by atoms with van der Waals surface area (Å²) < 4.78 is 1.89. The molecule has 0 saturated carbocycles. The van der Waals surface area contributed by atoms with Gasteiger partial charge in [0.1, 0.15) is 12.1 Å². The van der Waals surface area contributed by atoms with E-state index < -0.39 is 0 Å². The summed E-state index contributed by atoms with van der Waals surface area (Å²) in [5.41, 5.74) is 2.01. The fourth-order valence-corrected chi connectivity index (χ4v) is 2.74. The molecule has 0 atom stereocenters. The summed E-state index contributed by atoms with van der Waals surface area (Å²) in [7, 11) is 1.88. The molecule has 0 N–H and O–H groups in total. The molecule has 1 aliphatic heterocycles. The average molecular weight is 352 g/mol. The molecule has 0 bridgehead atoms. The van der Waals surface area contributed by atoms with Crippen molar-refractivity contribution in [3.05, 3.63) is 101 Å². The summed E-state index contributed by atoms with van der Waals surface area (Å²) in [6.07, 6.45) is 10.5. The number of hydrogen-bond donors (Lipinski definition) is 0. The number of Topliss-reactive ketones (excluding diaryl/α,β-unsaturated/α-hetero) is 1. The van der Waals surface area contributed by atoms with Crippen LogP contribution in [-0.2, 0) is 7.05 Å². The zero-order chi connectivity index (χ0) is 19.2. The maximum atomic E-state index is 13.3. The Hall–Kier alpha value is -4.09. The molecular weight excluding hydrogens is 336 g/mol. The van der Waals surface area contributed by atoms with E-state index in [0.717, 1.165) is 5.69 Å². The van der Waals surface area contributed by atoms with E-state index >= 15 is 0 Å². The number of ketones is 1. The van der Waals surface area contributed by atoms with Crippen molar-refractivity contribution in [2.75, 3.05) is 0 Å². The maximum absolute atomic E-state index is 13.3. The van der Waals surface area contributed by atoms with Crippen LogP contribution in [0.25, 0.3) is 6.08 Å². The highest BCUT2D eigenvalue weighted by Gasteiger charge is 2.23. The lowest BCUT2D eigenvalue weighted by molar-refractivity contribution is 0.101. The van der Waals surface area contributed by atoms with Gasteiger partial charge in [0.15, 0.2) is 5.57 Å². The number of nitrogens with zero attached hydrogens (tertiary/aromatic N) is 4. The smallest absolute Gasteiger partial charge is 0.209 e. The van der Waals surface area contributed by atoms with E-state index in [9.17, 15) is 15.3 Å².